The lowest BCUT2D eigenvalue weighted by molar-refractivity contribution is -0.152. The first-order valence-corrected chi connectivity index (χ1v) is 4.96. The highest BCUT2D eigenvalue weighted by atomic mass is 35.5. The summed E-state index contributed by atoms with van der Waals surface area (Å²) >= 11 is 5.85. The molecule has 1 aromatic rings. The summed E-state index contributed by atoms with van der Waals surface area (Å²) in [6.07, 6.45) is 1.99. The Morgan fingerprint density at radius 3 is 3.07 bits per heavy atom. The lowest BCUT2D eigenvalue weighted by atomic mass is 10.1. The van der Waals surface area contributed by atoms with Crippen molar-refractivity contribution in [3.05, 3.63) is 29.0 Å². The molecule has 4 nitrogen and oxygen atoms in total. The van der Waals surface area contributed by atoms with Gasteiger partial charge in [0.25, 0.3) is 0 Å². The van der Waals surface area contributed by atoms with Gasteiger partial charge in [-0.3, -0.25) is 4.98 Å². The summed E-state index contributed by atoms with van der Waals surface area (Å²) in [6, 6.07) is 1.61. The third-order valence-electron chi connectivity index (χ3n) is 1.82. The number of ether oxygens (including phenoxy) is 1. The quantitative estimate of drug-likeness (QED) is 0.789. The van der Waals surface area contributed by atoms with Crippen LogP contribution in [0.1, 0.15) is 12.5 Å². The third-order valence-corrected chi connectivity index (χ3v) is 2.18. The van der Waals surface area contributed by atoms with Gasteiger partial charge in [0.2, 0.25) is 0 Å². The molecule has 15 heavy (non-hydrogen) atoms. The van der Waals surface area contributed by atoms with Gasteiger partial charge in [-0.15, -0.1) is 0 Å². The second-order valence-corrected chi connectivity index (χ2v) is 3.35. The van der Waals surface area contributed by atoms with Crippen molar-refractivity contribution in [1.82, 2.24) is 4.98 Å². The summed E-state index contributed by atoms with van der Waals surface area (Å²) in [7, 11) is 0. The van der Waals surface area contributed by atoms with Crippen molar-refractivity contribution in [3.63, 3.8) is 0 Å². The van der Waals surface area contributed by atoms with Crippen LogP contribution in [0.2, 0.25) is 5.02 Å². The number of esters is 1. The maximum absolute atomic E-state index is 11.1. The molecule has 1 atom stereocenters. The molecule has 0 aliphatic heterocycles. The topological polar surface area (TPSA) is 59.4 Å². The van der Waals surface area contributed by atoms with Crippen LogP contribution in [-0.2, 0) is 16.0 Å². The van der Waals surface area contributed by atoms with Crippen molar-refractivity contribution in [3.8, 4) is 0 Å². The van der Waals surface area contributed by atoms with E-state index in [1.54, 1.807) is 19.2 Å². The maximum atomic E-state index is 11.1. The van der Waals surface area contributed by atoms with E-state index in [1.807, 2.05) is 0 Å². The Hall–Kier alpha value is -1.13. The van der Waals surface area contributed by atoms with Crippen LogP contribution in [0.3, 0.4) is 0 Å². The lowest BCUT2D eigenvalue weighted by Gasteiger charge is -2.09. The molecular formula is C10H12ClNO3. The van der Waals surface area contributed by atoms with Crippen LogP contribution in [0.5, 0.6) is 0 Å². The van der Waals surface area contributed by atoms with E-state index in [9.17, 15) is 9.90 Å². The van der Waals surface area contributed by atoms with Gasteiger partial charge < -0.3 is 9.84 Å². The van der Waals surface area contributed by atoms with E-state index in [1.165, 1.54) is 6.20 Å². The Bertz CT molecular complexity index is 343. The minimum atomic E-state index is -1.19. The number of carbonyl (C=O) groups excluding carboxylic acids is 1. The third kappa shape index (κ3) is 3.49. The molecule has 1 rings (SSSR count). The number of hydrogen-bond acceptors (Lipinski definition) is 4. The van der Waals surface area contributed by atoms with Gasteiger partial charge in [-0.1, -0.05) is 11.6 Å². The van der Waals surface area contributed by atoms with Gasteiger partial charge in [0.05, 0.1) is 6.61 Å². The van der Waals surface area contributed by atoms with Gasteiger partial charge in [-0.25, -0.2) is 4.79 Å². The molecule has 0 bridgehead atoms. The molecule has 1 aromatic heterocycles. The smallest absolute Gasteiger partial charge is 0.335 e. The zero-order valence-corrected chi connectivity index (χ0v) is 9.07. The van der Waals surface area contributed by atoms with Gasteiger partial charge in [0.1, 0.15) is 0 Å². The van der Waals surface area contributed by atoms with Gasteiger partial charge in [-0.05, 0) is 18.6 Å². The molecule has 1 unspecified atom stereocenters. The molecular weight excluding hydrogens is 218 g/mol. The molecule has 0 aromatic carbocycles. The molecule has 5 heteroatoms. The first-order chi connectivity index (χ1) is 7.15. The van der Waals surface area contributed by atoms with Gasteiger partial charge in [0.15, 0.2) is 6.10 Å². The zero-order chi connectivity index (χ0) is 11.3. The first-order valence-electron chi connectivity index (χ1n) is 4.58. The van der Waals surface area contributed by atoms with Crippen molar-refractivity contribution < 1.29 is 14.6 Å². The molecule has 82 valence electrons. The van der Waals surface area contributed by atoms with Gasteiger partial charge >= 0.3 is 5.97 Å². The molecule has 0 amide bonds. The molecule has 1 heterocycles. The van der Waals surface area contributed by atoms with E-state index in [2.05, 4.69) is 9.72 Å². The molecule has 1 N–H and O–H groups in total. The van der Waals surface area contributed by atoms with Crippen LogP contribution in [0.4, 0.5) is 0 Å². The predicted molar refractivity (Wildman–Crippen MR) is 55.6 cm³/mol. The average molecular weight is 230 g/mol. The number of hydrogen-bond donors (Lipinski definition) is 1. The average Bonchev–Trinajstić information content (AvgIpc) is 2.21. The van der Waals surface area contributed by atoms with E-state index in [0.29, 0.717) is 10.6 Å². The monoisotopic (exact) mass is 229 g/mol. The summed E-state index contributed by atoms with van der Waals surface area (Å²) < 4.78 is 4.66. The van der Waals surface area contributed by atoms with Crippen molar-refractivity contribution >= 4 is 17.6 Å². The lowest BCUT2D eigenvalue weighted by Crippen LogP contribution is -2.25. The Labute approximate surface area is 92.8 Å². The number of nitrogens with zero attached hydrogens (tertiary/aromatic N) is 1. The highest BCUT2D eigenvalue weighted by Crippen LogP contribution is 2.15. The van der Waals surface area contributed by atoms with Crippen molar-refractivity contribution in [2.75, 3.05) is 6.61 Å². The summed E-state index contributed by atoms with van der Waals surface area (Å²) in [5, 5.41) is 9.95. The molecule has 0 fully saturated rings. The number of aliphatic hydroxyl groups excluding tert-OH is 1. The van der Waals surface area contributed by atoms with Crippen LogP contribution in [0, 0.1) is 0 Å². The molecule has 0 spiro atoms. The summed E-state index contributed by atoms with van der Waals surface area (Å²) in [5.74, 6) is -0.641. The zero-order valence-electron chi connectivity index (χ0n) is 8.31. The number of halogens is 1. The first kappa shape index (κ1) is 11.9. The van der Waals surface area contributed by atoms with Crippen molar-refractivity contribution in [2.45, 2.75) is 19.4 Å². The predicted octanol–water partition coefficient (Wildman–Crippen LogP) is 1.20. The minimum absolute atomic E-state index is 0.117. The van der Waals surface area contributed by atoms with Crippen molar-refractivity contribution in [1.29, 1.82) is 0 Å². The Morgan fingerprint density at radius 2 is 2.47 bits per heavy atom. The fourth-order valence-corrected chi connectivity index (χ4v) is 1.27. The molecule has 0 aliphatic rings. The Kier molecular flexibility index (Phi) is 4.52. The van der Waals surface area contributed by atoms with Crippen LogP contribution in [0.15, 0.2) is 18.5 Å². The normalized spacial score (nSPS) is 12.2. The SMILES string of the molecule is CCOC(=O)C(O)Cc1cnccc1Cl. The van der Waals surface area contributed by atoms with Gasteiger partial charge in [0, 0.05) is 23.8 Å². The fraction of sp³-hybridized carbons (Fsp3) is 0.400. The van der Waals surface area contributed by atoms with Crippen LogP contribution < -0.4 is 0 Å². The van der Waals surface area contributed by atoms with E-state index in [-0.39, 0.29) is 13.0 Å². The number of aliphatic hydroxyl groups is 1. The number of aromatic nitrogens is 1. The van der Waals surface area contributed by atoms with E-state index >= 15 is 0 Å². The second-order valence-electron chi connectivity index (χ2n) is 2.94. The van der Waals surface area contributed by atoms with E-state index in [4.69, 9.17) is 11.6 Å². The maximum Gasteiger partial charge on any atom is 0.335 e. The number of carbonyl (C=O) groups is 1. The molecule has 0 radical (unpaired) electrons. The standard InChI is InChI=1S/C10H12ClNO3/c1-2-15-10(14)9(13)5-7-6-12-4-3-8(7)11/h3-4,6,9,13H,2,5H2,1H3. The minimum Gasteiger partial charge on any atom is -0.464 e. The number of pyridine rings is 1. The van der Waals surface area contributed by atoms with Gasteiger partial charge in [-0.2, -0.15) is 0 Å². The molecule has 0 aliphatic carbocycles. The largest absolute Gasteiger partial charge is 0.464 e. The molecule has 0 saturated heterocycles. The fourth-order valence-electron chi connectivity index (χ4n) is 1.09. The highest BCUT2D eigenvalue weighted by Gasteiger charge is 2.17. The summed E-state index contributed by atoms with van der Waals surface area (Å²) in [4.78, 5) is 15.0. The summed E-state index contributed by atoms with van der Waals surface area (Å²) in [5.41, 5.74) is 0.625. The highest BCUT2D eigenvalue weighted by molar-refractivity contribution is 6.31. The summed E-state index contributed by atoms with van der Waals surface area (Å²) in [6.45, 7) is 1.93. The van der Waals surface area contributed by atoms with E-state index < -0.39 is 12.1 Å². The number of rotatable bonds is 4. The molecule has 0 saturated carbocycles. The van der Waals surface area contributed by atoms with Crippen LogP contribution in [0.25, 0.3) is 0 Å². The Morgan fingerprint density at radius 1 is 1.73 bits per heavy atom. The van der Waals surface area contributed by atoms with Crippen LogP contribution >= 0.6 is 11.6 Å². The van der Waals surface area contributed by atoms with Crippen LogP contribution in [-0.4, -0.2) is 28.8 Å². The van der Waals surface area contributed by atoms with E-state index in [0.717, 1.165) is 0 Å². The van der Waals surface area contributed by atoms with Crippen molar-refractivity contribution in [2.24, 2.45) is 0 Å². The Balaban J connectivity index is 2.62. The second kappa shape index (κ2) is 5.68.